The van der Waals surface area contributed by atoms with E-state index in [1.807, 2.05) is 6.07 Å². The van der Waals surface area contributed by atoms with Crippen LogP contribution in [-0.2, 0) is 14.9 Å². The number of benzene rings is 1. The van der Waals surface area contributed by atoms with Crippen LogP contribution in [0.15, 0.2) is 42.6 Å². The Labute approximate surface area is 181 Å². The topological polar surface area (TPSA) is 46.6 Å². The number of ether oxygens (including phenoxy) is 1. The molecule has 1 heterocycles. The summed E-state index contributed by atoms with van der Waals surface area (Å²) in [4.78, 5) is 26.8. The van der Waals surface area contributed by atoms with Gasteiger partial charge >= 0.3 is 6.09 Å². The largest absolute Gasteiger partial charge is 0.446 e. The van der Waals surface area contributed by atoms with Gasteiger partial charge in [-0.05, 0) is 48.2 Å². The third kappa shape index (κ3) is 5.14. The lowest BCUT2D eigenvalue weighted by molar-refractivity contribution is -0.116. The molecule has 30 heavy (non-hydrogen) atoms. The van der Waals surface area contributed by atoms with E-state index in [-0.39, 0.29) is 35.4 Å². The first-order valence-electron chi connectivity index (χ1n) is 11.4. The molecule has 4 nitrogen and oxygen atoms in total. The first kappa shape index (κ1) is 22.6. The molecule has 0 spiro atoms. The van der Waals surface area contributed by atoms with Crippen molar-refractivity contribution in [2.24, 2.45) is 17.8 Å². The van der Waals surface area contributed by atoms with Crippen molar-refractivity contribution in [3.63, 3.8) is 0 Å². The average molecular weight is 412 g/mol. The lowest BCUT2D eigenvalue weighted by atomic mass is 9.64. The van der Waals surface area contributed by atoms with Gasteiger partial charge in [-0.3, -0.25) is 9.69 Å². The van der Waals surface area contributed by atoms with Crippen molar-refractivity contribution < 1.29 is 14.3 Å². The van der Waals surface area contributed by atoms with Gasteiger partial charge in [0.1, 0.15) is 6.10 Å². The molecule has 2 aliphatic rings. The fourth-order valence-corrected chi connectivity index (χ4v) is 5.19. The summed E-state index contributed by atoms with van der Waals surface area (Å²) in [5.41, 5.74) is 1.20. The minimum atomic E-state index is -0.308. The minimum absolute atomic E-state index is 0.0825. The molecular formula is C26H37NO3. The summed E-state index contributed by atoms with van der Waals surface area (Å²) >= 11 is 0. The van der Waals surface area contributed by atoms with E-state index >= 15 is 0 Å². The Bertz CT molecular complexity index is 768. The molecule has 1 aromatic carbocycles. The summed E-state index contributed by atoms with van der Waals surface area (Å²) in [7, 11) is 0. The Balaban J connectivity index is 1.80. The molecule has 4 atom stereocenters. The maximum absolute atomic E-state index is 13.2. The predicted molar refractivity (Wildman–Crippen MR) is 120 cm³/mol. The molecule has 1 fully saturated rings. The van der Waals surface area contributed by atoms with Crippen LogP contribution in [0.25, 0.3) is 0 Å². The van der Waals surface area contributed by atoms with Gasteiger partial charge in [-0.2, -0.15) is 0 Å². The fraction of sp³-hybridized carbons (Fsp3) is 0.615. The van der Waals surface area contributed by atoms with Crippen LogP contribution in [0.5, 0.6) is 0 Å². The van der Waals surface area contributed by atoms with Gasteiger partial charge in [-0.1, -0.05) is 71.4 Å². The Morgan fingerprint density at radius 1 is 1.20 bits per heavy atom. The molecule has 1 aromatic rings. The van der Waals surface area contributed by atoms with Crippen LogP contribution in [0.3, 0.4) is 0 Å². The summed E-state index contributed by atoms with van der Waals surface area (Å²) in [5, 5.41) is 0. The van der Waals surface area contributed by atoms with Crippen LogP contribution < -0.4 is 0 Å². The maximum atomic E-state index is 13.2. The van der Waals surface area contributed by atoms with Crippen LogP contribution in [0.1, 0.15) is 72.3 Å². The van der Waals surface area contributed by atoms with Crippen molar-refractivity contribution in [3.8, 4) is 0 Å². The number of ketones is 1. The quantitative estimate of drug-likeness (QED) is 0.587. The number of hydrogen-bond donors (Lipinski definition) is 0. The zero-order chi connectivity index (χ0) is 21.9. The molecule has 164 valence electrons. The van der Waals surface area contributed by atoms with Crippen molar-refractivity contribution in [2.75, 3.05) is 0 Å². The normalized spacial score (nSPS) is 27.4. The van der Waals surface area contributed by atoms with Gasteiger partial charge in [0.2, 0.25) is 0 Å². The van der Waals surface area contributed by atoms with E-state index in [1.54, 1.807) is 11.1 Å². The summed E-state index contributed by atoms with van der Waals surface area (Å²) < 4.78 is 6.19. The molecule has 0 bridgehead atoms. The SMILES string of the molecule is CC(C)C[C@H]1CC(=O)C=CN1C(=O)O[C@@H]1C[C@H](C)CC[C@H]1C(C)(C)c1ccccc1. The molecule has 1 aliphatic carbocycles. The predicted octanol–water partition coefficient (Wildman–Crippen LogP) is 6.11. The van der Waals surface area contributed by atoms with Gasteiger partial charge in [0.05, 0.1) is 0 Å². The highest BCUT2D eigenvalue weighted by Crippen LogP contribution is 2.44. The molecule has 1 saturated carbocycles. The number of amides is 1. The molecule has 1 amide bonds. The van der Waals surface area contributed by atoms with Crippen LogP contribution in [0, 0.1) is 17.8 Å². The standard InChI is InChI=1S/C26H37NO3/c1-18(2)15-21-17-22(28)13-14-27(21)25(29)30-24-16-19(3)11-12-23(24)26(4,5)20-9-7-6-8-10-20/h6-10,13-14,18-19,21,23-24H,11-12,15-17H2,1-5H3/t19-,21+,23-,24-/m1/s1. The molecule has 3 rings (SSSR count). The second kappa shape index (κ2) is 9.36. The van der Waals surface area contributed by atoms with E-state index in [1.165, 1.54) is 11.6 Å². The van der Waals surface area contributed by atoms with E-state index in [0.29, 0.717) is 18.3 Å². The van der Waals surface area contributed by atoms with Crippen molar-refractivity contribution >= 4 is 11.9 Å². The molecule has 0 radical (unpaired) electrons. The zero-order valence-corrected chi connectivity index (χ0v) is 19.1. The molecule has 1 aliphatic heterocycles. The van der Waals surface area contributed by atoms with Crippen LogP contribution in [0.2, 0.25) is 0 Å². The lowest BCUT2D eigenvalue weighted by Crippen LogP contribution is -2.47. The Morgan fingerprint density at radius 2 is 1.90 bits per heavy atom. The van der Waals surface area contributed by atoms with Crippen molar-refractivity contribution in [2.45, 2.75) is 84.3 Å². The monoisotopic (exact) mass is 411 g/mol. The number of rotatable bonds is 5. The maximum Gasteiger partial charge on any atom is 0.414 e. The minimum Gasteiger partial charge on any atom is -0.446 e. The molecule has 0 unspecified atom stereocenters. The first-order chi connectivity index (χ1) is 14.2. The van der Waals surface area contributed by atoms with E-state index < -0.39 is 0 Å². The van der Waals surface area contributed by atoms with Crippen LogP contribution in [0.4, 0.5) is 4.79 Å². The number of carbonyl (C=O) groups excluding carboxylic acids is 2. The summed E-state index contributed by atoms with van der Waals surface area (Å²) in [6.07, 6.45) is 6.97. The summed E-state index contributed by atoms with van der Waals surface area (Å²) in [6, 6.07) is 10.4. The van der Waals surface area contributed by atoms with Gasteiger partial charge in [0.15, 0.2) is 5.78 Å². The highest BCUT2D eigenvalue weighted by atomic mass is 16.6. The van der Waals surface area contributed by atoms with Crippen LogP contribution in [-0.4, -0.2) is 28.9 Å². The van der Waals surface area contributed by atoms with E-state index in [0.717, 1.165) is 25.7 Å². The van der Waals surface area contributed by atoms with Crippen molar-refractivity contribution in [1.82, 2.24) is 4.90 Å². The smallest absolute Gasteiger partial charge is 0.414 e. The molecule has 4 heteroatoms. The third-order valence-corrected chi connectivity index (χ3v) is 6.96. The Morgan fingerprint density at radius 3 is 2.57 bits per heavy atom. The Kier molecular flexibility index (Phi) is 7.05. The third-order valence-electron chi connectivity index (χ3n) is 6.96. The molecular weight excluding hydrogens is 374 g/mol. The second-order valence-electron chi connectivity index (χ2n) is 10.2. The van der Waals surface area contributed by atoms with Crippen molar-refractivity contribution in [3.05, 3.63) is 48.2 Å². The zero-order valence-electron chi connectivity index (χ0n) is 19.1. The average Bonchev–Trinajstić information content (AvgIpc) is 2.68. The van der Waals surface area contributed by atoms with Gasteiger partial charge in [-0.25, -0.2) is 4.79 Å². The summed E-state index contributed by atoms with van der Waals surface area (Å²) in [6.45, 7) is 11.0. The number of carbonyl (C=O) groups is 2. The molecule has 0 aromatic heterocycles. The second-order valence-corrected chi connectivity index (χ2v) is 10.2. The lowest BCUT2D eigenvalue weighted by Gasteiger charge is -2.44. The number of hydrogen-bond acceptors (Lipinski definition) is 3. The molecule has 0 saturated heterocycles. The molecule has 0 N–H and O–H groups in total. The van der Waals surface area contributed by atoms with E-state index in [4.69, 9.17) is 4.74 Å². The highest BCUT2D eigenvalue weighted by Gasteiger charge is 2.43. The van der Waals surface area contributed by atoms with Gasteiger partial charge in [-0.15, -0.1) is 0 Å². The van der Waals surface area contributed by atoms with Crippen molar-refractivity contribution in [1.29, 1.82) is 0 Å². The number of allylic oxidation sites excluding steroid dienone is 1. The van der Waals surface area contributed by atoms with Gasteiger partial charge < -0.3 is 4.74 Å². The van der Waals surface area contributed by atoms with E-state index in [9.17, 15) is 9.59 Å². The number of nitrogens with zero attached hydrogens (tertiary/aromatic N) is 1. The first-order valence-corrected chi connectivity index (χ1v) is 11.4. The van der Waals surface area contributed by atoms with Gasteiger partial charge in [0, 0.05) is 24.6 Å². The Hall–Kier alpha value is -2.10. The van der Waals surface area contributed by atoms with Crippen LogP contribution >= 0.6 is 0 Å². The highest BCUT2D eigenvalue weighted by molar-refractivity contribution is 5.92. The fourth-order valence-electron chi connectivity index (χ4n) is 5.19. The van der Waals surface area contributed by atoms with Gasteiger partial charge in [0.25, 0.3) is 0 Å². The van der Waals surface area contributed by atoms with E-state index in [2.05, 4.69) is 58.9 Å². The summed E-state index contributed by atoms with van der Waals surface area (Å²) in [5.74, 6) is 1.29.